The molecule has 1 aliphatic carbocycles. The molecule has 270 valence electrons. The largest absolute Gasteiger partial charge is 0.497 e. The van der Waals surface area contributed by atoms with Crippen molar-refractivity contribution in [1.29, 1.82) is 0 Å². The number of benzene rings is 3. The number of piperidine rings is 1. The first kappa shape index (κ1) is 34.2. The quantitative estimate of drug-likeness (QED) is 0.243. The highest BCUT2D eigenvalue weighted by Crippen LogP contribution is 2.48. The molecule has 4 heterocycles. The zero-order chi connectivity index (χ0) is 36.4. The van der Waals surface area contributed by atoms with Gasteiger partial charge in [-0.25, -0.2) is 9.52 Å². The average Bonchev–Trinajstić information content (AvgIpc) is 3.54. The number of carbonyl (C=O) groups is 3. The predicted molar refractivity (Wildman–Crippen MR) is 197 cm³/mol. The van der Waals surface area contributed by atoms with Crippen LogP contribution in [0.2, 0.25) is 0 Å². The Balaban J connectivity index is 1.22. The summed E-state index contributed by atoms with van der Waals surface area (Å²) in [6.07, 6.45) is 8.44. The van der Waals surface area contributed by atoms with Crippen LogP contribution in [0.5, 0.6) is 5.75 Å². The van der Waals surface area contributed by atoms with Crippen molar-refractivity contribution in [2.75, 3.05) is 34.3 Å². The Labute approximate surface area is 303 Å². The number of hydrogen-bond donors (Lipinski definition) is 1. The van der Waals surface area contributed by atoms with E-state index in [0.717, 1.165) is 63.3 Å². The molecule has 1 saturated carbocycles. The zero-order valence-electron chi connectivity index (χ0n) is 29.6. The molecule has 0 bridgehead atoms. The molecule has 1 saturated heterocycles. The van der Waals surface area contributed by atoms with Crippen LogP contribution < -0.4 is 9.46 Å². The SMILES string of the molecule is COc1ccc2c(c1)C=C(C(=O)N1CCC3(CC1)OC(=O)c1ccccc13)Cn1c-2c(C2CCCCC2)c2ccc(C(=O)NS(=O)(=O)N(C)C)cc21. The van der Waals surface area contributed by atoms with Gasteiger partial charge in [-0.05, 0) is 72.4 Å². The Bertz CT molecular complexity index is 2280. The van der Waals surface area contributed by atoms with Crippen LogP contribution in [0.3, 0.4) is 0 Å². The molecule has 52 heavy (non-hydrogen) atoms. The van der Waals surface area contributed by atoms with E-state index < -0.39 is 21.7 Å². The predicted octanol–water partition coefficient (Wildman–Crippen LogP) is 5.99. The van der Waals surface area contributed by atoms with Gasteiger partial charge in [-0.15, -0.1) is 0 Å². The highest BCUT2D eigenvalue weighted by atomic mass is 32.2. The number of esters is 1. The number of likely N-dealkylation sites (tertiary alicyclic amines) is 1. The zero-order valence-corrected chi connectivity index (χ0v) is 30.4. The summed E-state index contributed by atoms with van der Waals surface area (Å²) in [5, 5.41) is 0.992. The first-order valence-corrected chi connectivity index (χ1v) is 19.4. The van der Waals surface area contributed by atoms with Crippen molar-refractivity contribution in [3.05, 3.63) is 94.1 Å². The van der Waals surface area contributed by atoms with Crippen LogP contribution in [0.4, 0.5) is 0 Å². The summed E-state index contributed by atoms with van der Waals surface area (Å²) in [5.74, 6) is -0.203. The number of ether oxygens (including phenoxy) is 2. The molecule has 0 radical (unpaired) electrons. The van der Waals surface area contributed by atoms with Crippen LogP contribution >= 0.6 is 0 Å². The van der Waals surface area contributed by atoms with Crippen molar-refractivity contribution in [3.63, 3.8) is 0 Å². The van der Waals surface area contributed by atoms with Crippen molar-refractivity contribution < 1.29 is 32.3 Å². The summed E-state index contributed by atoms with van der Waals surface area (Å²) in [4.78, 5) is 42.5. The molecule has 11 nitrogen and oxygen atoms in total. The van der Waals surface area contributed by atoms with E-state index in [-0.39, 0.29) is 29.9 Å². The second-order valence-electron chi connectivity index (χ2n) is 14.5. The number of aromatic nitrogens is 1. The molecular formula is C40H42N4O7S. The molecule has 0 atom stereocenters. The van der Waals surface area contributed by atoms with E-state index in [1.54, 1.807) is 25.3 Å². The third-order valence-electron chi connectivity index (χ3n) is 11.3. The number of amides is 2. The van der Waals surface area contributed by atoms with E-state index in [0.29, 0.717) is 42.8 Å². The van der Waals surface area contributed by atoms with Crippen molar-refractivity contribution >= 4 is 45.0 Å². The Hall–Kier alpha value is -4.94. The Kier molecular flexibility index (Phi) is 8.49. The maximum atomic E-state index is 14.6. The summed E-state index contributed by atoms with van der Waals surface area (Å²) in [6, 6.07) is 18.8. The van der Waals surface area contributed by atoms with E-state index in [2.05, 4.69) is 9.29 Å². The van der Waals surface area contributed by atoms with Crippen LogP contribution in [-0.4, -0.2) is 74.3 Å². The lowest BCUT2D eigenvalue weighted by Crippen LogP contribution is -2.46. The van der Waals surface area contributed by atoms with Gasteiger partial charge in [0.25, 0.3) is 11.8 Å². The molecular weight excluding hydrogens is 681 g/mol. The fourth-order valence-electron chi connectivity index (χ4n) is 8.57. The normalized spacial score (nSPS) is 18.3. The first-order valence-electron chi connectivity index (χ1n) is 17.9. The van der Waals surface area contributed by atoms with Gasteiger partial charge in [0.05, 0.1) is 24.9 Å². The lowest BCUT2D eigenvalue weighted by atomic mass is 9.81. The van der Waals surface area contributed by atoms with Gasteiger partial charge < -0.3 is 18.9 Å². The summed E-state index contributed by atoms with van der Waals surface area (Å²) in [7, 11) is 0.335. The van der Waals surface area contributed by atoms with E-state index >= 15 is 0 Å². The number of nitrogens with zero attached hydrogens (tertiary/aromatic N) is 3. The Morgan fingerprint density at radius 1 is 0.962 bits per heavy atom. The monoisotopic (exact) mass is 722 g/mol. The van der Waals surface area contributed by atoms with Crippen molar-refractivity contribution in [1.82, 2.24) is 18.5 Å². The lowest BCUT2D eigenvalue weighted by Gasteiger charge is -2.39. The summed E-state index contributed by atoms with van der Waals surface area (Å²) >= 11 is 0. The molecule has 3 aromatic carbocycles. The van der Waals surface area contributed by atoms with Gasteiger partial charge in [0.1, 0.15) is 11.4 Å². The highest BCUT2D eigenvalue weighted by molar-refractivity contribution is 7.87. The maximum Gasteiger partial charge on any atom is 0.339 e. The number of hydrogen-bond acceptors (Lipinski definition) is 7. The number of methoxy groups -OCH3 is 1. The standard InChI is InChI=1S/C40H42N4O7S/c1-42(2)52(48,49)41-37(45)26-13-15-32-34(23-26)44-24-28(38(46)43-19-17-40(18-20-43)33-12-8-7-11-31(33)39(47)51-40)21-27-22-29(50-3)14-16-30(27)36(44)35(32)25-9-5-4-6-10-25/h7-8,11-16,21-23,25H,4-6,9-10,17-20,24H2,1-3H3,(H,41,45). The van der Waals surface area contributed by atoms with E-state index in [9.17, 15) is 22.8 Å². The summed E-state index contributed by atoms with van der Waals surface area (Å²) < 4.78 is 42.0. The number of rotatable bonds is 6. The molecule has 1 N–H and O–H groups in total. The Morgan fingerprint density at radius 3 is 2.44 bits per heavy atom. The smallest absolute Gasteiger partial charge is 0.339 e. The molecule has 4 aliphatic rings. The molecule has 1 spiro atoms. The molecule has 4 aromatic rings. The van der Waals surface area contributed by atoms with Crippen molar-refractivity contribution in [3.8, 4) is 17.0 Å². The molecule has 2 fully saturated rings. The van der Waals surface area contributed by atoms with Crippen LogP contribution in [-0.2, 0) is 31.9 Å². The molecule has 2 amide bonds. The van der Waals surface area contributed by atoms with Crippen LogP contribution in [0.1, 0.15) is 88.3 Å². The maximum absolute atomic E-state index is 14.6. The van der Waals surface area contributed by atoms with Gasteiger partial charge in [-0.3, -0.25) is 9.59 Å². The minimum Gasteiger partial charge on any atom is -0.497 e. The lowest BCUT2D eigenvalue weighted by molar-refractivity contribution is -0.131. The van der Waals surface area contributed by atoms with Crippen molar-refractivity contribution in [2.24, 2.45) is 0 Å². The first-order chi connectivity index (χ1) is 25.0. The molecule has 3 aliphatic heterocycles. The minimum atomic E-state index is -4.01. The second kappa shape index (κ2) is 12.9. The highest BCUT2D eigenvalue weighted by Gasteiger charge is 2.48. The van der Waals surface area contributed by atoms with E-state index in [1.807, 2.05) is 53.4 Å². The van der Waals surface area contributed by atoms with Gasteiger partial charge in [-0.1, -0.05) is 43.5 Å². The number of fused-ring (bicyclic) bond motifs is 7. The fraction of sp³-hybridized carbons (Fsp3) is 0.375. The van der Waals surface area contributed by atoms with Crippen molar-refractivity contribution in [2.45, 2.75) is 63.0 Å². The second-order valence-corrected chi connectivity index (χ2v) is 16.4. The molecule has 12 heteroatoms. The molecule has 8 rings (SSSR count). The number of nitrogens with one attached hydrogen (secondary N) is 1. The van der Waals surface area contributed by atoms with E-state index in [1.165, 1.54) is 26.1 Å². The van der Waals surface area contributed by atoms with Gasteiger partial charge in [0, 0.05) is 73.2 Å². The Morgan fingerprint density at radius 2 is 1.71 bits per heavy atom. The average molecular weight is 723 g/mol. The van der Waals surface area contributed by atoms with Gasteiger partial charge in [-0.2, -0.15) is 12.7 Å². The van der Waals surface area contributed by atoms with Crippen LogP contribution in [0.25, 0.3) is 28.2 Å². The number of carbonyl (C=O) groups excluding carboxylic acids is 3. The van der Waals surface area contributed by atoms with E-state index in [4.69, 9.17) is 9.47 Å². The minimum absolute atomic E-state index is 0.110. The van der Waals surface area contributed by atoms with Gasteiger partial charge in [0.2, 0.25) is 0 Å². The van der Waals surface area contributed by atoms with Crippen LogP contribution in [0.15, 0.2) is 66.2 Å². The van der Waals surface area contributed by atoms with Gasteiger partial charge in [0.15, 0.2) is 0 Å². The molecule has 0 unspecified atom stereocenters. The third kappa shape index (κ3) is 5.68. The molecule has 1 aromatic heterocycles. The van der Waals surface area contributed by atoms with Gasteiger partial charge >= 0.3 is 16.2 Å². The third-order valence-corrected chi connectivity index (χ3v) is 12.7. The fourth-order valence-corrected chi connectivity index (χ4v) is 9.11. The van der Waals surface area contributed by atoms with Crippen LogP contribution in [0, 0.1) is 0 Å². The topological polar surface area (TPSA) is 127 Å². The summed E-state index contributed by atoms with van der Waals surface area (Å²) in [5.41, 5.74) is 6.31. The summed E-state index contributed by atoms with van der Waals surface area (Å²) in [6.45, 7) is 1.08.